The monoisotopic (exact) mass is 801 g/mol. The van der Waals surface area contributed by atoms with Crippen LogP contribution in [0.25, 0.3) is 33.7 Å². The van der Waals surface area contributed by atoms with Gasteiger partial charge in [-0.1, -0.05) is 0 Å². The van der Waals surface area contributed by atoms with E-state index in [4.69, 9.17) is 15.0 Å². The molecule has 1 aromatic carbocycles. The van der Waals surface area contributed by atoms with Crippen LogP contribution in [-0.2, 0) is 33.8 Å². The number of ether oxygens (including phenoxy) is 1. The third-order valence-corrected chi connectivity index (χ3v) is 11.2. The number of phosphoric acid groups is 2. The highest BCUT2D eigenvalue weighted by molar-refractivity contribution is 7.61. The topological polar surface area (TPSA) is 383 Å². The number of hydrogen-bond acceptors (Lipinski definition) is 20. The number of aliphatic hydroxyl groups excluding tert-OH is 5. The fourth-order valence-corrected chi connectivity index (χ4v) is 7.73. The lowest BCUT2D eigenvalue weighted by Gasteiger charge is -2.26. The third kappa shape index (κ3) is 7.63. The average Bonchev–Trinajstić information content (AvgIpc) is 3.65. The Hall–Kier alpha value is -4.33. The van der Waals surface area contributed by atoms with Crippen molar-refractivity contribution in [1.82, 2.24) is 39.0 Å². The predicted molar refractivity (Wildman–Crippen MR) is 178 cm³/mol. The maximum Gasteiger partial charge on any atom is 0.481 e. The zero-order chi connectivity index (χ0) is 39.4. The molecule has 0 aliphatic carbocycles. The van der Waals surface area contributed by atoms with Gasteiger partial charge in [-0.2, -0.15) is 9.29 Å². The van der Waals surface area contributed by atoms with Crippen molar-refractivity contribution in [3.63, 3.8) is 0 Å². The molecule has 27 heteroatoms. The van der Waals surface area contributed by atoms with Crippen LogP contribution in [0.3, 0.4) is 0 Å². The number of rotatable bonds is 13. The van der Waals surface area contributed by atoms with Gasteiger partial charge in [0.1, 0.15) is 59.7 Å². The second-order valence-electron chi connectivity index (χ2n) is 12.2. The summed E-state index contributed by atoms with van der Waals surface area (Å²) in [6.07, 6.45) is -10.2. The standard InChI is InChI=1S/C27H33N9O16P2/c1-9-3-11-15(18(39)10(9)2)32-17-24(33-27(44)34-25(17)43)35(11)4-12(37)19(40)13(38)5-49-53(45,46)52-54(47,48)50-6-14-20(41)21(42)26(51-14)36-8-31-16-22(28)29-7-30-23(16)36/h3,7-8,12-14,19-21,26,37-42H,4-6H2,1-2H3,(H,45,46)(H,47,48)(H2,28,29,30)(H,34,43,44)/t12-,13+,14+,19-,20+,21+,26+/m0/s1. The lowest BCUT2D eigenvalue weighted by Crippen LogP contribution is -2.42. The normalized spacial score (nSPS) is 23.1. The van der Waals surface area contributed by atoms with Crippen LogP contribution in [0.4, 0.5) is 5.82 Å². The van der Waals surface area contributed by atoms with E-state index in [-0.39, 0.29) is 39.6 Å². The predicted octanol–water partition coefficient (Wildman–Crippen LogP) is -2.72. The van der Waals surface area contributed by atoms with E-state index in [1.807, 2.05) is 4.98 Å². The lowest BCUT2D eigenvalue weighted by molar-refractivity contribution is -0.0794. The molecule has 5 heterocycles. The van der Waals surface area contributed by atoms with Crippen LogP contribution in [0.1, 0.15) is 17.4 Å². The zero-order valence-electron chi connectivity index (χ0n) is 27.8. The number of nitrogens with zero attached hydrogens (tertiary/aromatic N) is 7. The van der Waals surface area contributed by atoms with Crippen LogP contribution in [0, 0.1) is 13.8 Å². The van der Waals surface area contributed by atoms with Gasteiger partial charge >= 0.3 is 21.3 Å². The van der Waals surface area contributed by atoms with Crippen molar-refractivity contribution in [3.05, 3.63) is 50.7 Å². The first-order valence-electron chi connectivity index (χ1n) is 15.6. The zero-order valence-corrected chi connectivity index (χ0v) is 29.6. The fraction of sp³-hybridized carbons (Fsp3) is 0.444. The van der Waals surface area contributed by atoms with Crippen LogP contribution in [0.5, 0.6) is 5.75 Å². The Morgan fingerprint density at radius 1 is 1.00 bits per heavy atom. The van der Waals surface area contributed by atoms with Gasteiger partial charge in [-0.3, -0.25) is 23.4 Å². The fourth-order valence-electron chi connectivity index (χ4n) is 5.64. The Balaban J connectivity index is 1.08. The average molecular weight is 802 g/mol. The van der Waals surface area contributed by atoms with Crippen LogP contribution >= 0.6 is 15.6 Å². The number of H-pyrrole nitrogens is 1. The van der Waals surface area contributed by atoms with E-state index in [1.54, 1.807) is 13.8 Å². The second kappa shape index (κ2) is 14.7. The molecule has 292 valence electrons. The molecule has 2 aromatic heterocycles. The molecule has 1 saturated heterocycles. The molecule has 0 amide bonds. The second-order valence-corrected chi connectivity index (χ2v) is 15.2. The van der Waals surface area contributed by atoms with Crippen molar-refractivity contribution in [2.24, 2.45) is 0 Å². The van der Waals surface area contributed by atoms with Gasteiger partial charge in [-0.25, -0.2) is 33.9 Å². The maximum absolute atomic E-state index is 12.5. The molecule has 54 heavy (non-hydrogen) atoms. The molecule has 6 rings (SSSR count). The van der Waals surface area contributed by atoms with E-state index < -0.39 is 95.2 Å². The van der Waals surface area contributed by atoms with Crippen LogP contribution in [0.2, 0.25) is 0 Å². The third-order valence-electron chi connectivity index (χ3n) is 8.56. The Morgan fingerprint density at radius 2 is 1.70 bits per heavy atom. The summed E-state index contributed by atoms with van der Waals surface area (Å²) in [5.74, 6) is -0.649. The number of nitrogen functional groups attached to an aromatic ring is 1. The largest absolute Gasteiger partial charge is 0.505 e. The van der Waals surface area contributed by atoms with Crippen molar-refractivity contribution in [1.29, 1.82) is 0 Å². The summed E-state index contributed by atoms with van der Waals surface area (Å²) in [5, 5.41) is 63.8. The lowest BCUT2D eigenvalue weighted by atomic mass is 10.1. The van der Waals surface area contributed by atoms with E-state index in [1.165, 1.54) is 17.0 Å². The number of benzene rings is 1. The van der Waals surface area contributed by atoms with Gasteiger partial charge in [0.15, 0.2) is 29.2 Å². The summed E-state index contributed by atoms with van der Waals surface area (Å²) in [4.78, 5) is 66.4. The van der Waals surface area contributed by atoms with E-state index in [9.17, 15) is 59.1 Å². The molecule has 0 radical (unpaired) electrons. The first-order chi connectivity index (χ1) is 25.3. The SMILES string of the molecule is Cc1cc2c(nc3c(=O)[nH]c(=O)nc-3n2C[C@H](O)[C@H](O)[C@H](O)COP(=O)(O)OP(=O)(O)OC[C@H]2O[C@@H](n3cnc4c(N)ncnc43)[C@H](O)[C@@H]2O)c(O)c1C. The van der Waals surface area contributed by atoms with Crippen molar-refractivity contribution in [2.75, 3.05) is 18.9 Å². The molecule has 3 aliphatic rings. The number of aromatic nitrogens is 8. The molecule has 0 saturated carbocycles. The Bertz CT molecular complexity index is 2410. The van der Waals surface area contributed by atoms with Crippen LogP contribution < -0.4 is 17.0 Å². The maximum atomic E-state index is 12.5. The van der Waals surface area contributed by atoms with Gasteiger partial charge in [-0.15, -0.1) is 0 Å². The van der Waals surface area contributed by atoms with Gasteiger partial charge < -0.3 is 55.5 Å². The molecular formula is C27H33N9O16P2. The molecule has 3 aromatic rings. The summed E-state index contributed by atoms with van der Waals surface area (Å²) in [5.41, 5.74) is 4.50. The number of aryl methyl sites for hydroxylation is 1. The van der Waals surface area contributed by atoms with Crippen molar-refractivity contribution in [3.8, 4) is 17.3 Å². The smallest absolute Gasteiger partial charge is 0.481 e. The van der Waals surface area contributed by atoms with Crippen LogP contribution in [-0.4, -0.2) is 129 Å². The number of phenols is 1. The quantitative estimate of drug-likeness (QED) is 0.0427. The molecule has 9 atom stereocenters. The number of aromatic amines is 1. The van der Waals surface area contributed by atoms with Gasteiger partial charge in [0, 0.05) is 0 Å². The highest BCUT2D eigenvalue weighted by Gasteiger charge is 2.46. The van der Waals surface area contributed by atoms with E-state index in [0.29, 0.717) is 11.1 Å². The van der Waals surface area contributed by atoms with E-state index >= 15 is 0 Å². The number of anilines is 1. The Morgan fingerprint density at radius 3 is 2.43 bits per heavy atom. The van der Waals surface area contributed by atoms with E-state index in [0.717, 1.165) is 10.9 Å². The summed E-state index contributed by atoms with van der Waals surface area (Å²) in [6, 6.07) is 1.50. The number of aliphatic hydroxyl groups is 5. The van der Waals surface area contributed by atoms with Gasteiger partial charge in [0.05, 0.1) is 31.6 Å². The van der Waals surface area contributed by atoms with Gasteiger partial charge in [0.25, 0.3) is 5.56 Å². The molecule has 1 fully saturated rings. The molecule has 25 nitrogen and oxygen atoms in total. The van der Waals surface area contributed by atoms with Gasteiger partial charge in [-0.05, 0) is 31.0 Å². The number of nitrogens with two attached hydrogens (primary N) is 1. The van der Waals surface area contributed by atoms with Crippen LogP contribution in [0.15, 0.2) is 28.3 Å². The number of nitrogens with one attached hydrogen (secondary N) is 1. The minimum Gasteiger partial charge on any atom is -0.505 e. The minimum atomic E-state index is -5.57. The number of phenolic OH excluding ortho intramolecular Hbond substituents is 1. The highest BCUT2D eigenvalue weighted by Crippen LogP contribution is 2.60. The summed E-state index contributed by atoms with van der Waals surface area (Å²) in [6.45, 7) is 0.274. The van der Waals surface area contributed by atoms with Gasteiger partial charge in [0.2, 0.25) is 0 Å². The number of phosphoric ester groups is 2. The number of fused-ring (bicyclic) bond motifs is 3. The van der Waals surface area contributed by atoms with E-state index in [2.05, 4.69) is 33.8 Å². The first-order valence-corrected chi connectivity index (χ1v) is 18.6. The molecule has 2 unspecified atom stereocenters. The number of aromatic hydroxyl groups is 1. The summed E-state index contributed by atoms with van der Waals surface area (Å²) in [7, 11) is -11.1. The molecule has 0 spiro atoms. The summed E-state index contributed by atoms with van der Waals surface area (Å²) < 4.78 is 46.4. The van der Waals surface area contributed by atoms with Crippen molar-refractivity contribution < 1.29 is 67.7 Å². The molecule has 3 aliphatic heterocycles. The first kappa shape index (κ1) is 39.4. The number of imidazole rings is 1. The Kier molecular flexibility index (Phi) is 10.7. The molecule has 0 bridgehead atoms. The van der Waals surface area contributed by atoms with Crippen molar-refractivity contribution >= 4 is 43.7 Å². The minimum absolute atomic E-state index is 0.0218. The summed E-state index contributed by atoms with van der Waals surface area (Å²) >= 11 is 0. The number of hydrogen-bond donors (Lipinski definition) is 10. The van der Waals surface area contributed by atoms with Crippen molar-refractivity contribution in [2.45, 2.75) is 63.2 Å². The highest BCUT2D eigenvalue weighted by atomic mass is 31.3. The molecule has 11 N–H and O–H groups in total. The Labute approximate surface area is 300 Å². The molecular weight excluding hydrogens is 768 g/mol.